The second kappa shape index (κ2) is 16.6. The molecule has 0 spiro atoms. The second-order valence-electron chi connectivity index (χ2n) is 7.80. The van der Waals surface area contributed by atoms with Crippen molar-refractivity contribution >= 4 is 0 Å². The number of benzene rings is 1. The molecule has 0 radical (unpaired) electrons. The van der Waals surface area contributed by atoms with Gasteiger partial charge in [-0.25, -0.2) is 0 Å². The van der Waals surface area contributed by atoms with E-state index in [0.717, 1.165) is 6.54 Å². The largest absolute Gasteiger partial charge is 0.310 e. The molecule has 1 rings (SSSR count). The Morgan fingerprint density at radius 1 is 0.680 bits per heavy atom. The maximum absolute atomic E-state index is 3.64. The number of rotatable bonds is 17. The normalized spacial score (nSPS) is 12.4. The first kappa shape index (κ1) is 22.2. The summed E-state index contributed by atoms with van der Waals surface area (Å²) < 4.78 is 0. The van der Waals surface area contributed by atoms with Gasteiger partial charge >= 0.3 is 0 Å². The van der Waals surface area contributed by atoms with Gasteiger partial charge in [0.05, 0.1) is 0 Å². The minimum atomic E-state index is 0.632. The standard InChI is InChI=1S/C24H43N/c1-3-4-5-6-7-8-9-10-11-12-13-14-16-19-23(2)25-22-24-20-17-15-18-21-24/h15,17-18,20-21,23,25H,3-14,16,19,22H2,1-2H3. The Morgan fingerprint density at radius 2 is 1.16 bits per heavy atom. The molecule has 1 N–H and O–H groups in total. The minimum Gasteiger partial charge on any atom is -0.310 e. The molecule has 1 atom stereocenters. The lowest BCUT2D eigenvalue weighted by Crippen LogP contribution is -2.25. The van der Waals surface area contributed by atoms with Crippen molar-refractivity contribution < 1.29 is 0 Å². The van der Waals surface area contributed by atoms with E-state index < -0.39 is 0 Å². The van der Waals surface area contributed by atoms with Crippen LogP contribution in [0.3, 0.4) is 0 Å². The van der Waals surface area contributed by atoms with E-state index in [0.29, 0.717) is 6.04 Å². The fourth-order valence-corrected chi connectivity index (χ4v) is 3.46. The van der Waals surface area contributed by atoms with Gasteiger partial charge in [0.2, 0.25) is 0 Å². The number of unbranched alkanes of at least 4 members (excludes halogenated alkanes) is 12. The van der Waals surface area contributed by atoms with Gasteiger partial charge in [-0.15, -0.1) is 0 Å². The van der Waals surface area contributed by atoms with E-state index in [1.165, 1.54) is 95.5 Å². The second-order valence-corrected chi connectivity index (χ2v) is 7.80. The molecule has 0 aliphatic rings. The van der Waals surface area contributed by atoms with Crippen LogP contribution in [0.4, 0.5) is 0 Å². The first-order chi connectivity index (χ1) is 12.3. The van der Waals surface area contributed by atoms with Gasteiger partial charge in [0.15, 0.2) is 0 Å². The van der Waals surface area contributed by atoms with Gasteiger partial charge in [0.25, 0.3) is 0 Å². The molecule has 1 heteroatoms. The molecule has 0 bridgehead atoms. The van der Waals surface area contributed by atoms with E-state index in [9.17, 15) is 0 Å². The Labute approximate surface area is 158 Å². The highest BCUT2D eigenvalue weighted by molar-refractivity contribution is 5.14. The van der Waals surface area contributed by atoms with Crippen LogP contribution < -0.4 is 5.32 Å². The van der Waals surface area contributed by atoms with E-state index in [-0.39, 0.29) is 0 Å². The first-order valence-corrected chi connectivity index (χ1v) is 11.1. The molecule has 0 fully saturated rings. The average Bonchev–Trinajstić information content (AvgIpc) is 2.64. The van der Waals surface area contributed by atoms with Crippen molar-refractivity contribution in [2.24, 2.45) is 0 Å². The predicted molar refractivity (Wildman–Crippen MR) is 113 cm³/mol. The molecule has 1 aromatic carbocycles. The summed E-state index contributed by atoms with van der Waals surface area (Å²) >= 11 is 0. The van der Waals surface area contributed by atoms with Crippen molar-refractivity contribution in [2.75, 3.05) is 0 Å². The van der Waals surface area contributed by atoms with Crippen LogP contribution in [-0.2, 0) is 6.54 Å². The van der Waals surface area contributed by atoms with Crippen LogP contribution in [0.2, 0.25) is 0 Å². The lowest BCUT2D eigenvalue weighted by molar-refractivity contribution is 0.474. The molecular formula is C24H43N. The van der Waals surface area contributed by atoms with Crippen molar-refractivity contribution in [1.29, 1.82) is 0 Å². The van der Waals surface area contributed by atoms with Crippen LogP contribution in [0.15, 0.2) is 30.3 Å². The summed E-state index contributed by atoms with van der Waals surface area (Å²) in [5.41, 5.74) is 1.39. The summed E-state index contributed by atoms with van der Waals surface area (Å²) in [6, 6.07) is 11.4. The molecule has 0 heterocycles. The van der Waals surface area contributed by atoms with Crippen LogP contribution in [0.25, 0.3) is 0 Å². The van der Waals surface area contributed by atoms with Crippen molar-refractivity contribution in [2.45, 2.75) is 116 Å². The summed E-state index contributed by atoms with van der Waals surface area (Å²) in [7, 11) is 0. The van der Waals surface area contributed by atoms with Gasteiger partial charge in [0.1, 0.15) is 0 Å². The first-order valence-electron chi connectivity index (χ1n) is 11.1. The maximum atomic E-state index is 3.64. The van der Waals surface area contributed by atoms with Gasteiger partial charge in [-0.05, 0) is 18.9 Å². The number of hydrogen-bond donors (Lipinski definition) is 1. The average molecular weight is 346 g/mol. The fraction of sp³-hybridized carbons (Fsp3) is 0.750. The maximum Gasteiger partial charge on any atom is 0.0207 e. The molecular weight excluding hydrogens is 302 g/mol. The Kier molecular flexibility index (Phi) is 14.8. The zero-order valence-electron chi connectivity index (χ0n) is 17.1. The monoisotopic (exact) mass is 345 g/mol. The summed E-state index contributed by atoms with van der Waals surface area (Å²) in [5, 5.41) is 3.64. The summed E-state index contributed by atoms with van der Waals surface area (Å²) in [6.45, 7) is 5.62. The molecule has 1 nitrogen and oxygen atoms in total. The van der Waals surface area contributed by atoms with Crippen molar-refractivity contribution in [3.05, 3.63) is 35.9 Å². The molecule has 1 aromatic rings. The van der Waals surface area contributed by atoms with Crippen LogP contribution in [0.5, 0.6) is 0 Å². The predicted octanol–water partition coefficient (Wildman–Crippen LogP) is 7.65. The van der Waals surface area contributed by atoms with Gasteiger partial charge in [-0.1, -0.05) is 121 Å². The molecule has 0 saturated heterocycles. The summed E-state index contributed by atoms with van der Waals surface area (Å²) in [5.74, 6) is 0. The van der Waals surface area contributed by atoms with E-state index >= 15 is 0 Å². The van der Waals surface area contributed by atoms with Gasteiger partial charge in [-0.2, -0.15) is 0 Å². The van der Waals surface area contributed by atoms with Gasteiger partial charge in [-0.3, -0.25) is 0 Å². The molecule has 0 amide bonds. The summed E-state index contributed by atoms with van der Waals surface area (Å²) in [4.78, 5) is 0. The smallest absolute Gasteiger partial charge is 0.0207 e. The molecule has 0 saturated carbocycles. The van der Waals surface area contributed by atoms with Crippen LogP contribution >= 0.6 is 0 Å². The van der Waals surface area contributed by atoms with E-state index in [1.54, 1.807) is 0 Å². The Hall–Kier alpha value is -0.820. The van der Waals surface area contributed by atoms with Crippen LogP contribution in [0, 0.1) is 0 Å². The minimum absolute atomic E-state index is 0.632. The van der Waals surface area contributed by atoms with Crippen LogP contribution in [-0.4, -0.2) is 6.04 Å². The Balaban J connectivity index is 1.79. The molecule has 0 aromatic heterocycles. The highest BCUT2D eigenvalue weighted by Crippen LogP contribution is 2.13. The third kappa shape index (κ3) is 14.1. The van der Waals surface area contributed by atoms with E-state index in [2.05, 4.69) is 49.5 Å². The zero-order valence-corrected chi connectivity index (χ0v) is 17.1. The van der Waals surface area contributed by atoms with Crippen molar-refractivity contribution in [3.63, 3.8) is 0 Å². The lowest BCUT2D eigenvalue weighted by atomic mass is 10.0. The number of hydrogen-bond acceptors (Lipinski definition) is 1. The van der Waals surface area contributed by atoms with Crippen molar-refractivity contribution in [3.8, 4) is 0 Å². The van der Waals surface area contributed by atoms with Crippen molar-refractivity contribution in [1.82, 2.24) is 5.32 Å². The molecule has 0 aliphatic carbocycles. The molecule has 25 heavy (non-hydrogen) atoms. The highest BCUT2D eigenvalue weighted by atomic mass is 14.9. The number of nitrogens with one attached hydrogen (secondary N) is 1. The molecule has 1 unspecified atom stereocenters. The van der Waals surface area contributed by atoms with E-state index in [1.807, 2.05) is 0 Å². The van der Waals surface area contributed by atoms with Crippen LogP contribution in [0.1, 0.15) is 109 Å². The third-order valence-corrected chi connectivity index (χ3v) is 5.24. The van der Waals surface area contributed by atoms with Gasteiger partial charge < -0.3 is 5.32 Å². The Morgan fingerprint density at radius 3 is 1.68 bits per heavy atom. The topological polar surface area (TPSA) is 12.0 Å². The lowest BCUT2D eigenvalue weighted by Gasteiger charge is -2.13. The third-order valence-electron chi connectivity index (χ3n) is 5.24. The zero-order chi connectivity index (χ0) is 18.0. The molecule has 144 valence electrons. The fourth-order valence-electron chi connectivity index (χ4n) is 3.46. The quantitative estimate of drug-likeness (QED) is 0.286. The molecule has 0 aliphatic heterocycles. The highest BCUT2D eigenvalue weighted by Gasteiger charge is 2.01. The van der Waals surface area contributed by atoms with E-state index in [4.69, 9.17) is 0 Å². The van der Waals surface area contributed by atoms with Gasteiger partial charge in [0, 0.05) is 12.6 Å². The Bertz CT molecular complexity index is 373. The summed E-state index contributed by atoms with van der Waals surface area (Å²) in [6.07, 6.45) is 20.0. The SMILES string of the molecule is CCCCCCCCCCCCCCCC(C)NCc1ccccc1.